The van der Waals surface area contributed by atoms with Gasteiger partial charge in [-0.15, -0.1) is 10.2 Å². The zero-order valence-electron chi connectivity index (χ0n) is 14.4. The minimum Gasteiger partial charge on any atom is -0.349 e. The predicted molar refractivity (Wildman–Crippen MR) is 104 cm³/mol. The summed E-state index contributed by atoms with van der Waals surface area (Å²) in [7, 11) is 0. The number of aromatic nitrogens is 3. The normalized spacial score (nSPS) is 10.7. The number of halogens is 1. The SMILES string of the molecule is CC(=O)NCc1nnc(SCc2ccccc2Cl)n1Cc1ccccc1. The summed E-state index contributed by atoms with van der Waals surface area (Å²) in [6, 6.07) is 17.9. The molecule has 0 spiro atoms. The number of nitrogens with one attached hydrogen (secondary N) is 1. The maximum absolute atomic E-state index is 11.3. The Bertz CT molecular complexity index is 882. The van der Waals surface area contributed by atoms with Gasteiger partial charge in [0.2, 0.25) is 5.91 Å². The van der Waals surface area contributed by atoms with Crippen LogP contribution in [0.15, 0.2) is 59.8 Å². The molecular formula is C19H19ClN4OS. The Hall–Kier alpha value is -2.31. The Morgan fingerprint density at radius 1 is 1.12 bits per heavy atom. The van der Waals surface area contributed by atoms with Gasteiger partial charge in [0.25, 0.3) is 0 Å². The Kier molecular flexibility index (Phi) is 6.30. The van der Waals surface area contributed by atoms with E-state index < -0.39 is 0 Å². The fourth-order valence-electron chi connectivity index (χ4n) is 2.44. The molecule has 26 heavy (non-hydrogen) atoms. The molecule has 2 aromatic carbocycles. The van der Waals surface area contributed by atoms with E-state index in [0.29, 0.717) is 18.8 Å². The van der Waals surface area contributed by atoms with Crippen LogP contribution in [0.1, 0.15) is 23.9 Å². The van der Waals surface area contributed by atoms with Crippen molar-refractivity contribution in [2.45, 2.75) is 30.9 Å². The smallest absolute Gasteiger partial charge is 0.217 e. The molecule has 3 aromatic rings. The molecule has 0 atom stereocenters. The predicted octanol–water partition coefficient (Wildman–Crippen LogP) is 3.91. The number of benzene rings is 2. The molecular weight excluding hydrogens is 368 g/mol. The third kappa shape index (κ3) is 4.86. The Morgan fingerprint density at radius 2 is 1.85 bits per heavy atom. The zero-order chi connectivity index (χ0) is 18.4. The van der Waals surface area contributed by atoms with Crippen LogP contribution < -0.4 is 5.32 Å². The molecule has 0 bridgehead atoms. The van der Waals surface area contributed by atoms with Gasteiger partial charge < -0.3 is 9.88 Å². The molecule has 7 heteroatoms. The van der Waals surface area contributed by atoms with Crippen LogP contribution in [0.3, 0.4) is 0 Å². The highest BCUT2D eigenvalue weighted by atomic mass is 35.5. The molecule has 0 aliphatic heterocycles. The van der Waals surface area contributed by atoms with Gasteiger partial charge in [0.1, 0.15) is 0 Å². The number of rotatable bonds is 7. The molecule has 3 rings (SSSR count). The first-order valence-corrected chi connectivity index (χ1v) is 9.56. The van der Waals surface area contributed by atoms with Crippen molar-refractivity contribution in [1.82, 2.24) is 20.1 Å². The molecule has 1 N–H and O–H groups in total. The standard InChI is InChI=1S/C19H19ClN4OS/c1-14(25)21-11-18-22-23-19(24(18)12-15-7-3-2-4-8-15)26-13-16-9-5-6-10-17(16)20/h2-10H,11-13H2,1H3,(H,21,25). The highest BCUT2D eigenvalue weighted by molar-refractivity contribution is 7.98. The molecule has 0 aliphatic rings. The Balaban J connectivity index is 1.81. The van der Waals surface area contributed by atoms with E-state index >= 15 is 0 Å². The van der Waals surface area contributed by atoms with Gasteiger partial charge in [-0.25, -0.2) is 0 Å². The van der Waals surface area contributed by atoms with Gasteiger partial charge in [0.05, 0.1) is 13.1 Å². The van der Waals surface area contributed by atoms with Crippen LogP contribution in [-0.4, -0.2) is 20.7 Å². The number of carbonyl (C=O) groups excluding carboxylic acids is 1. The monoisotopic (exact) mass is 386 g/mol. The molecule has 1 aromatic heterocycles. The minimum absolute atomic E-state index is 0.0930. The fraction of sp³-hybridized carbons (Fsp3) is 0.211. The van der Waals surface area contributed by atoms with Gasteiger partial charge >= 0.3 is 0 Å². The highest BCUT2D eigenvalue weighted by Crippen LogP contribution is 2.26. The molecule has 0 saturated heterocycles. The number of hydrogen-bond acceptors (Lipinski definition) is 4. The fourth-order valence-corrected chi connectivity index (χ4v) is 3.69. The van der Waals surface area contributed by atoms with Crippen molar-refractivity contribution in [1.29, 1.82) is 0 Å². The van der Waals surface area contributed by atoms with Crippen molar-refractivity contribution in [2.24, 2.45) is 0 Å². The minimum atomic E-state index is -0.0930. The van der Waals surface area contributed by atoms with Crippen molar-refractivity contribution in [3.63, 3.8) is 0 Å². The van der Waals surface area contributed by atoms with Gasteiger partial charge in [0, 0.05) is 17.7 Å². The quantitative estimate of drug-likeness (QED) is 0.625. The lowest BCUT2D eigenvalue weighted by Crippen LogP contribution is -2.22. The molecule has 1 heterocycles. The number of amides is 1. The second kappa shape index (κ2) is 8.87. The summed E-state index contributed by atoms with van der Waals surface area (Å²) in [5.41, 5.74) is 2.20. The average Bonchev–Trinajstić information content (AvgIpc) is 3.02. The lowest BCUT2D eigenvalue weighted by Gasteiger charge is -2.11. The Labute approximate surface area is 161 Å². The van der Waals surface area contributed by atoms with E-state index in [4.69, 9.17) is 11.6 Å². The van der Waals surface area contributed by atoms with Crippen molar-refractivity contribution >= 4 is 29.3 Å². The molecule has 0 radical (unpaired) electrons. The molecule has 0 aliphatic carbocycles. The lowest BCUT2D eigenvalue weighted by atomic mass is 10.2. The maximum atomic E-state index is 11.3. The summed E-state index contributed by atoms with van der Waals surface area (Å²) in [5, 5.41) is 12.9. The van der Waals surface area contributed by atoms with Gasteiger partial charge in [-0.1, -0.05) is 71.9 Å². The van der Waals surface area contributed by atoms with E-state index in [1.807, 2.05) is 47.0 Å². The zero-order valence-corrected chi connectivity index (χ0v) is 15.9. The molecule has 134 valence electrons. The van der Waals surface area contributed by atoms with E-state index in [-0.39, 0.29) is 5.91 Å². The number of nitrogens with zero attached hydrogens (tertiary/aromatic N) is 3. The Morgan fingerprint density at radius 3 is 2.58 bits per heavy atom. The largest absolute Gasteiger partial charge is 0.349 e. The molecule has 0 fully saturated rings. The van der Waals surface area contributed by atoms with Gasteiger partial charge in [0.15, 0.2) is 11.0 Å². The first-order chi connectivity index (χ1) is 12.6. The molecule has 0 unspecified atom stereocenters. The maximum Gasteiger partial charge on any atom is 0.217 e. The van der Waals surface area contributed by atoms with E-state index in [1.165, 1.54) is 6.92 Å². The lowest BCUT2D eigenvalue weighted by molar-refractivity contribution is -0.119. The summed E-state index contributed by atoms with van der Waals surface area (Å²) in [6.45, 7) is 2.49. The van der Waals surface area contributed by atoms with Crippen LogP contribution in [0.2, 0.25) is 5.02 Å². The third-order valence-electron chi connectivity index (χ3n) is 3.79. The van der Waals surface area contributed by atoms with Crippen LogP contribution in [-0.2, 0) is 23.6 Å². The van der Waals surface area contributed by atoms with Crippen LogP contribution >= 0.6 is 23.4 Å². The first-order valence-electron chi connectivity index (χ1n) is 8.20. The van der Waals surface area contributed by atoms with Crippen molar-refractivity contribution in [2.75, 3.05) is 0 Å². The van der Waals surface area contributed by atoms with Gasteiger partial charge in [-0.05, 0) is 17.2 Å². The first kappa shape index (κ1) is 18.5. The summed E-state index contributed by atoms with van der Waals surface area (Å²) >= 11 is 7.83. The van der Waals surface area contributed by atoms with Crippen molar-refractivity contribution < 1.29 is 4.79 Å². The molecule has 1 amide bonds. The second-order valence-electron chi connectivity index (χ2n) is 5.76. The highest BCUT2D eigenvalue weighted by Gasteiger charge is 2.14. The van der Waals surface area contributed by atoms with E-state index in [9.17, 15) is 4.79 Å². The van der Waals surface area contributed by atoms with E-state index in [1.54, 1.807) is 11.8 Å². The van der Waals surface area contributed by atoms with Gasteiger partial charge in [-0.3, -0.25) is 4.79 Å². The van der Waals surface area contributed by atoms with Crippen molar-refractivity contribution in [3.8, 4) is 0 Å². The van der Waals surface area contributed by atoms with Crippen LogP contribution in [0.5, 0.6) is 0 Å². The van der Waals surface area contributed by atoms with Gasteiger partial charge in [-0.2, -0.15) is 0 Å². The molecule has 0 saturated carbocycles. The summed E-state index contributed by atoms with van der Waals surface area (Å²) < 4.78 is 2.03. The van der Waals surface area contributed by atoms with Crippen molar-refractivity contribution in [3.05, 3.63) is 76.6 Å². The number of hydrogen-bond donors (Lipinski definition) is 1. The van der Waals surface area contributed by atoms with Crippen LogP contribution in [0, 0.1) is 0 Å². The topological polar surface area (TPSA) is 59.8 Å². The summed E-state index contributed by atoms with van der Waals surface area (Å²) in [4.78, 5) is 11.3. The number of thioether (sulfide) groups is 1. The third-order valence-corrected chi connectivity index (χ3v) is 5.17. The van der Waals surface area contributed by atoms with Crippen LogP contribution in [0.4, 0.5) is 0 Å². The molecule has 5 nitrogen and oxygen atoms in total. The summed E-state index contributed by atoms with van der Waals surface area (Å²) in [5.74, 6) is 1.34. The second-order valence-corrected chi connectivity index (χ2v) is 7.11. The summed E-state index contributed by atoms with van der Waals surface area (Å²) in [6.07, 6.45) is 0. The van der Waals surface area contributed by atoms with E-state index in [2.05, 4.69) is 27.6 Å². The van der Waals surface area contributed by atoms with Crippen LogP contribution in [0.25, 0.3) is 0 Å². The average molecular weight is 387 g/mol. The van der Waals surface area contributed by atoms with E-state index in [0.717, 1.165) is 27.1 Å². The number of carbonyl (C=O) groups is 1.